The van der Waals surface area contributed by atoms with Gasteiger partial charge in [-0.05, 0) is 42.0 Å². The molecule has 5 N–H and O–H groups in total. The first-order valence-electron chi connectivity index (χ1n) is 8.68. The van der Waals surface area contributed by atoms with E-state index in [9.17, 15) is 22.5 Å². The van der Waals surface area contributed by atoms with Gasteiger partial charge in [-0.15, -0.1) is 0 Å². The van der Waals surface area contributed by atoms with Crippen molar-refractivity contribution in [3.63, 3.8) is 0 Å². The van der Waals surface area contributed by atoms with Crippen LogP contribution >= 0.6 is 0 Å². The third kappa shape index (κ3) is 5.75. The molecule has 0 aliphatic heterocycles. The maximum Gasteiger partial charge on any atom is 0.416 e. The number of aromatic nitrogens is 2. The van der Waals surface area contributed by atoms with E-state index < -0.39 is 28.8 Å². The highest BCUT2D eigenvalue weighted by Gasteiger charge is 2.30. The van der Waals surface area contributed by atoms with Gasteiger partial charge in [0, 0.05) is 18.4 Å². The van der Waals surface area contributed by atoms with Crippen molar-refractivity contribution in [2.24, 2.45) is 5.14 Å². The van der Waals surface area contributed by atoms with Crippen molar-refractivity contribution in [3.05, 3.63) is 71.9 Å². The van der Waals surface area contributed by atoms with E-state index in [0.717, 1.165) is 12.1 Å². The molecule has 1 heterocycles. The van der Waals surface area contributed by atoms with Crippen LogP contribution in [0, 0.1) is 0 Å². The maximum atomic E-state index is 12.8. The van der Waals surface area contributed by atoms with Gasteiger partial charge in [0.25, 0.3) is 0 Å². The summed E-state index contributed by atoms with van der Waals surface area (Å²) in [6.45, 7) is -0.0561. The molecular formula is C19H18F3N5O2S. The second-order valence-corrected chi connectivity index (χ2v) is 7.30. The highest BCUT2D eigenvalue weighted by Crippen LogP contribution is 2.30. The molecule has 3 rings (SSSR count). The molecule has 0 aliphatic carbocycles. The Balaban J connectivity index is 1.66. The lowest BCUT2D eigenvalue weighted by Crippen LogP contribution is -2.14. The van der Waals surface area contributed by atoms with Gasteiger partial charge in [-0.25, -0.2) is 14.3 Å². The van der Waals surface area contributed by atoms with Crippen LogP contribution in [0.15, 0.2) is 65.7 Å². The van der Waals surface area contributed by atoms with Gasteiger partial charge in [0.15, 0.2) is 0 Å². The summed E-state index contributed by atoms with van der Waals surface area (Å²) < 4.78 is 49.9. The Bertz CT molecular complexity index is 1050. The Morgan fingerprint density at radius 3 is 2.63 bits per heavy atom. The van der Waals surface area contributed by atoms with Crippen molar-refractivity contribution in [1.82, 2.24) is 9.97 Å². The smallest absolute Gasteiger partial charge is 0.387 e. The molecule has 7 nitrogen and oxygen atoms in total. The Hall–Kier alpha value is -3.02. The van der Waals surface area contributed by atoms with Gasteiger partial charge in [0.05, 0.1) is 16.6 Å². The van der Waals surface area contributed by atoms with Crippen molar-refractivity contribution in [1.29, 1.82) is 0 Å². The van der Waals surface area contributed by atoms with Gasteiger partial charge in [0.1, 0.15) is 16.8 Å². The maximum absolute atomic E-state index is 12.8. The number of hydrogen-bond donors (Lipinski definition) is 4. The van der Waals surface area contributed by atoms with Crippen LogP contribution in [0.1, 0.15) is 17.2 Å². The number of nitrogens with one attached hydrogen (secondary N) is 2. The number of benzene rings is 2. The minimum atomic E-state index is -4.48. The molecule has 30 heavy (non-hydrogen) atoms. The number of anilines is 3. The fraction of sp³-hybridized carbons (Fsp3) is 0.158. The summed E-state index contributed by atoms with van der Waals surface area (Å²) in [4.78, 5) is 8.74. The van der Waals surface area contributed by atoms with E-state index in [2.05, 4.69) is 20.6 Å². The first-order chi connectivity index (χ1) is 14.2. The number of aliphatic hydroxyl groups excluding tert-OH is 1. The van der Waals surface area contributed by atoms with E-state index in [0.29, 0.717) is 16.4 Å². The summed E-state index contributed by atoms with van der Waals surface area (Å²) in [5.74, 6) is 0.589. The highest BCUT2D eigenvalue weighted by atomic mass is 32.2. The van der Waals surface area contributed by atoms with Gasteiger partial charge in [-0.1, -0.05) is 18.2 Å². The number of aliphatic hydroxyl groups is 1. The van der Waals surface area contributed by atoms with Gasteiger partial charge in [-0.3, -0.25) is 0 Å². The number of halogens is 3. The zero-order valence-corrected chi connectivity index (χ0v) is 16.2. The first-order valence-corrected chi connectivity index (χ1v) is 9.89. The average Bonchev–Trinajstić information content (AvgIpc) is 2.72. The monoisotopic (exact) mass is 437 g/mol. The highest BCUT2D eigenvalue weighted by molar-refractivity contribution is 7.82. The SMILES string of the molecule is NS(=O)c1cccc(Nc2nccc(NCC(O)c3cccc(C(F)(F)F)c3)n2)c1. The van der Waals surface area contributed by atoms with E-state index in [4.69, 9.17) is 5.14 Å². The van der Waals surface area contributed by atoms with Crippen molar-refractivity contribution < 1.29 is 22.5 Å². The molecule has 0 saturated carbocycles. The molecular weight excluding hydrogens is 419 g/mol. The Morgan fingerprint density at radius 1 is 1.13 bits per heavy atom. The van der Waals surface area contributed by atoms with E-state index in [1.807, 2.05) is 0 Å². The standard InChI is InChI=1S/C19H18F3N5O2S/c20-19(21,22)13-4-1-3-12(9-13)16(28)11-25-17-7-8-24-18(27-17)26-14-5-2-6-15(10-14)30(23)29/h1-10,16,28H,11,23H2,(H2,24,25,26,27). The minimum absolute atomic E-state index is 0.0561. The van der Waals surface area contributed by atoms with Crippen molar-refractivity contribution in [3.8, 4) is 0 Å². The van der Waals surface area contributed by atoms with Crippen LogP contribution in [0.5, 0.6) is 0 Å². The molecule has 0 spiro atoms. The summed E-state index contributed by atoms with van der Waals surface area (Å²) in [5.41, 5.74) is -0.114. The fourth-order valence-corrected chi connectivity index (χ4v) is 3.04. The number of hydrogen-bond acceptors (Lipinski definition) is 6. The van der Waals surface area contributed by atoms with Crippen molar-refractivity contribution in [2.45, 2.75) is 17.2 Å². The molecule has 11 heteroatoms. The predicted molar refractivity (Wildman–Crippen MR) is 107 cm³/mol. The molecule has 0 saturated heterocycles. The molecule has 0 radical (unpaired) electrons. The fourth-order valence-electron chi connectivity index (χ4n) is 2.59. The molecule has 0 fully saturated rings. The largest absolute Gasteiger partial charge is 0.416 e. The summed E-state index contributed by atoms with van der Waals surface area (Å²) in [6, 6.07) is 12.7. The van der Waals surface area contributed by atoms with E-state index in [1.165, 1.54) is 18.3 Å². The Morgan fingerprint density at radius 2 is 1.90 bits per heavy atom. The number of nitrogens with zero attached hydrogens (tertiary/aromatic N) is 2. The molecule has 1 aromatic heterocycles. The molecule has 2 atom stereocenters. The van der Waals surface area contributed by atoms with Crippen LogP contribution < -0.4 is 15.8 Å². The van der Waals surface area contributed by atoms with Gasteiger partial charge >= 0.3 is 6.18 Å². The lowest BCUT2D eigenvalue weighted by molar-refractivity contribution is -0.137. The molecule has 0 aliphatic rings. The minimum Gasteiger partial charge on any atom is -0.387 e. The number of nitrogens with two attached hydrogens (primary N) is 1. The molecule has 0 bridgehead atoms. The van der Waals surface area contributed by atoms with Crippen LogP contribution in [0.25, 0.3) is 0 Å². The lowest BCUT2D eigenvalue weighted by Gasteiger charge is -2.15. The molecule has 3 aromatic rings. The van der Waals surface area contributed by atoms with Gasteiger partial charge in [0.2, 0.25) is 5.95 Å². The predicted octanol–water partition coefficient (Wildman–Crippen LogP) is 3.37. The number of rotatable bonds is 7. The quantitative estimate of drug-likeness (QED) is 0.451. The summed E-state index contributed by atoms with van der Waals surface area (Å²) >= 11 is 0. The summed E-state index contributed by atoms with van der Waals surface area (Å²) in [5, 5.41) is 21.4. The topological polar surface area (TPSA) is 113 Å². The van der Waals surface area contributed by atoms with E-state index in [-0.39, 0.29) is 18.1 Å². The molecule has 158 valence electrons. The second kappa shape index (κ2) is 9.20. The number of alkyl halides is 3. The lowest BCUT2D eigenvalue weighted by atomic mass is 10.1. The third-order valence-corrected chi connectivity index (χ3v) is 4.77. The third-order valence-electron chi connectivity index (χ3n) is 4.05. The van der Waals surface area contributed by atoms with Gasteiger partial charge in [-0.2, -0.15) is 18.2 Å². The van der Waals surface area contributed by atoms with Crippen LogP contribution in [0.2, 0.25) is 0 Å². The van der Waals surface area contributed by atoms with Crippen LogP contribution in [-0.4, -0.2) is 25.8 Å². The first kappa shape index (κ1) is 21.7. The van der Waals surface area contributed by atoms with E-state index in [1.54, 1.807) is 30.3 Å². The van der Waals surface area contributed by atoms with Crippen LogP contribution in [0.4, 0.5) is 30.6 Å². The van der Waals surface area contributed by atoms with Crippen molar-refractivity contribution >= 4 is 28.4 Å². The average molecular weight is 437 g/mol. The summed E-state index contributed by atoms with van der Waals surface area (Å²) in [6.07, 6.45) is -4.18. The molecule has 2 aromatic carbocycles. The van der Waals surface area contributed by atoms with Crippen molar-refractivity contribution in [2.75, 3.05) is 17.2 Å². The summed E-state index contributed by atoms with van der Waals surface area (Å²) in [7, 11) is -1.63. The van der Waals surface area contributed by atoms with Gasteiger partial charge < -0.3 is 15.7 Å². The van der Waals surface area contributed by atoms with Crippen LogP contribution in [-0.2, 0) is 17.2 Å². The van der Waals surface area contributed by atoms with Crippen LogP contribution in [0.3, 0.4) is 0 Å². The Labute approximate surface area is 172 Å². The molecule has 0 amide bonds. The molecule has 2 unspecified atom stereocenters. The Kier molecular flexibility index (Phi) is 6.65. The van der Waals surface area contributed by atoms with E-state index >= 15 is 0 Å². The zero-order chi connectivity index (χ0) is 21.7. The second-order valence-electron chi connectivity index (χ2n) is 6.24. The normalized spacial score (nSPS) is 13.5. The zero-order valence-electron chi connectivity index (χ0n) is 15.4.